The second kappa shape index (κ2) is 10.5. The predicted octanol–water partition coefficient (Wildman–Crippen LogP) is 3.76. The average Bonchev–Trinajstić information content (AvgIpc) is 3.37. The number of amides is 2. The first-order valence-corrected chi connectivity index (χ1v) is 11.3. The fourth-order valence-electron chi connectivity index (χ4n) is 4.23. The molecule has 6 nitrogen and oxygen atoms in total. The van der Waals surface area contributed by atoms with Crippen LogP contribution in [0.25, 0.3) is 0 Å². The van der Waals surface area contributed by atoms with Crippen molar-refractivity contribution in [3.05, 3.63) is 59.9 Å². The van der Waals surface area contributed by atoms with Gasteiger partial charge in [0.05, 0.1) is 6.61 Å². The quantitative estimate of drug-likeness (QED) is 0.658. The van der Waals surface area contributed by atoms with Crippen LogP contribution in [-0.2, 0) is 4.79 Å². The first-order valence-electron chi connectivity index (χ1n) is 11.3. The molecule has 0 N–H and O–H groups in total. The maximum absolute atomic E-state index is 13.0. The molecule has 0 unspecified atom stereocenters. The third-order valence-electron chi connectivity index (χ3n) is 6.01. The summed E-state index contributed by atoms with van der Waals surface area (Å²) >= 11 is 0. The molecule has 0 aliphatic carbocycles. The Morgan fingerprint density at radius 3 is 2.44 bits per heavy atom. The van der Waals surface area contributed by atoms with Crippen LogP contribution in [0.15, 0.2) is 48.5 Å². The van der Waals surface area contributed by atoms with Crippen LogP contribution in [0.4, 0.5) is 4.39 Å². The molecule has 1 atom stereocenters. The first-order chi connectivity index (χ1) is 15.6. The molecule has 2 aliphatic heterocycles. The van der Waals surface area contributed by atoms with Crippen molar-refractivity contribution in [2.75, 3.05) is 39.4 Å². The number of carbonyl (C=O) groups is 2. The SMILES string of the molecule is O=C(COc1ccc(F)cc1)N1CCC[C@@H](COc2cccc(C(=O)N3CCCC3)c2)C1. The molecular weight excluding hydrogens is 411 g/mol. The summed E-state index contributed by atoms with van der Waals surface area (Å²) < 4.78 is 24.5. The van der Waals surface area contributed by atoms with Gasteiger partial charge in [0.15, 0.2) is 6.61 Å². The van der Waals surface area contributed by atoms with Gasteiger partial charge in [-0.3, -0.25) is 9.59 Å². The smallest absolute Gasteiger partial charge is 0.260 e. The van der Waals surface area contributed by atoms with Gasteiger partial charge in [-0.1, -0.05) is 6.07 Å². The largest absolute Gasteiger partial charge is 0.493 e. The Hall–Kier alpha value is -3.09. The van der Waals surface area contributed by atoms with Crippen molar-refractivity contribution in [3.63, 3.8) is 0 Å². The molecular formula is C25H29FN2O4. The van der Waals surface area contributed by atoms with Crippen molar-refractivity contribution < 1.29 is 23.5 Å². The minimum Gasteiger partial charge on any atom is -0.493 e. The lowest BCUT2D eigenvalue weighted by Gasteiger charge is -2.32. The van der Waals surface area contributed by atoms with Crippen molar-refractivity contribution in [1.82, 2.24) is 9.80 Å². The molecule has 2 amide bonds. The van der Waals surface area contributed by atoms with Gasteiger partial charge < -0.3 is 19.3 Å². The highest BCUT2D eigenvalue weighted by molar-refractivity contribution is 5.94. The molecule has 170 valence electrons. The molecule has 0 aromatic heterocycles. The molecule has 2 fully saturated rings. The van der Waals surface area contributed by atoms with Crippen LogP contribution >= 0.6 is 0 Å². The summed E-state index contributed by atoms with van der Waals surface area (Å²) in [6.45, 7) is 3.37. The number of hydrogen-bond donors (Lipinski definition) is 0. The zero-order valence-corrected chi connectivity index (χ0v) is 18.2. The summed E-state index contributed by atoms with van der Waals surface area (Å²) in [5.41, 5.74) is 0.655. The first kappa shape index (κ1) is 22.1. The summed E-state index contributed by atoms with van der Waals surface area (Å²) in [6, 6.07) is 13.0. The molecule has 0 radical (unpaired) electrons. The van der Waals surface area contributed by atoms with E-state index in [4.69, 9.17) is 9.47 Å². The molecule has 32 heavy (non-hydrogen) atoms. The summed E-state index contributed by atoms with van der Waals surface area (Å²) in [5.74, 6) is 1.00. The third-order valence-corrected chi connectivity index (χ3v) is 6.01. The normalized spacial score (nSPS) is 18.5. The number of ether oxygens (including phenoxy) is 2. The van der Waals surface area contributed by atoms with Crippen LogP contribution in [0.3, 0.4) is 0 Å². The Morgan fingerprint density at radius 1 is 0.906 bits per heavy atom. The van der Waals surface area contributed by atoms with E-state index >= 15 is 0 Å². The highest BCUT2D eigenvalue weighted by Gasteiger charge is 2.25. The number of likely N-dealkylation sites (tertiary alicyclic amines) is 2. The monoisotopic (exact) mass is 440 g/mol. The molecule has 2 aromatic rings. The van der Waals surface area contributed by atoms with E-state index in [1.54, 1.807) is 4.90 Å². The number of hydrogen-bond acceptors (Lipinski definition) is 4. The van der Waals surface area contributed by atoms with Crippen LogP contribution < -0.4 is 9.47 Å². The van der Waals surface area contributed by atoms with Gasteiger partial charge in [-0.2, -0.15) is 0 Å². The van der Waals surface area contributed by atoms with E-state index in [1.807, 2.05) is 29.2 Å². The van der Waals surface area contributed by atoms with Crippen LogP contribution in [0.2, 0.25) is 0 Å². The highest BCUT2D eigenvalue weighted by Crippen LogP contribution is 2.21. The molecule has 2 saturated heterocycles. The average molecular weight is 441 g/mol. The second-order valence-corrected chi connectivity index (χ2v) is 8.43. The summed E-state index contributed by atoms with van der Waals surface area (Å²) in [6.07, 6.45) is 4.01. The molecule has 4 rings (SSSR count). The summed E-state index contributed by atoms with van der Waals surface area (Å²) in [7, 11) is 0. The number of halogens is 1. The topological polar surface area (TPSA) is 59.1 Å². The van der Waals surface area contributed by atoms with E-state index < -0.39 is 0 Å². The molecule has 0 bridgehead atoms. The van der Waals surface area contributed by atoms with E-state index in [1.165, 1.54) is 24.3 Å². The van der Waals surface area contributed by atoms with E-state index in [0.29, 0.717) is 36.8 Å². The lowest BCUT2D eigenvalue weighted by Crippen LogP contribution is -2.43. The Morgan fingerprint density at radius 2 is 1.66 bits per heavy atom. The van der Waals surface area contributed by atoms with Gasteiger partial charge in [0, 0.05) is 37.7 Å². The predicted molar refractivity (Wildman–Crippen MR) is 118 cm³/mol. The van der Waals surface area contributed by atoms with Gasteiger partial charge in [0.25, 0.3) is 11.8 Å². The van der Waals surface area contributed by atoms with Gasteiger partial charge >= 0.3 is 0 Å². The maximum atomic E-state index is 13.0. The zero-order chi connectivity index (χ0) is 22.3. The van der Waals surface area contributed by atoms with E-state index in [-0.39, 0.29) is 30.2 Å². The number of piperidine rings is 1. The Kier molecular flexibility index (Phi) is 7.24. The van der Waals surface area contributed by atoms with Crippen LogP contribution in [0, 0.1) is 11.7 Å². The number of benzene rings is 2. The van der Waals surface area contributed by atoms with Crippen LogP contribution in [0.5, 0.6) is 11.5 Å². The van der Waals surface area contributed by atoms with E-state index in [2.05, 4.69) is 0 Å². The lowest BCUT2D eigenvalue weighted by molar-refractivity contribution is -0.135. The van der Waals surface area contributed by atoms with Gasteiger partial charge in [0.1, 0.15) is 17.3 Å². The molecule has 0 saturated carbocycles. The molecule has 2 aromatic carbocycles. The van der Waals surface area contributed by atoms with Gasteiger partial charge in [0.2, 0.25) is 0 Å². The minimum absolute atomic E-state index is 0.0588. The standard InChI is InChI=1S/C25H29FN2O4/c26-21-8-10-22(11-9-21)32-18-24(29)28-14-4-5-19(16-28)17-31-23-7-3-6-20(15-23)25(30)27-12-1-2-13-27/h3,6-11,15,19H,1-2,4-5,12-14,16-18H2/t19-/m1/s1. The van der Waals surface area contributed by atoms with Crippen LogP contribution in [-0.4, -0.2) is 61.0 Å². The van der Waals surface area contributed by atoms with Gasteiger partial charge in [-0.25, -0.2) is 4.39 Å². The Bertz CT molecular complexity index is 928. The minimum atomic E-state index is -0.339. The number of carbonyl (C=O) groups excluding carboxylic acids is 2. The fraction of sp³-hybridized carbons (Fsp3) is 0.440. The van der Waals surface area contributed by atoms with Gasteiger partial charge in [-0.15, -0.1) is 0 Å². The zero-order valence-electron chi connectivity index (χ0n) is 18.2. The Balaban J connectivity index is 1.26. The van der Waals surface area contributed by atoms with E-state index in [0.717, 1.165) is 38.8 Å². The van der Waals surface area contributed by atoms with Crippen molar-refractivity contribution in [1.29, 1.82) is 0 Å². The van der Waals surface area contributed by atoms with Gasteiger partial charge in [-0.05, 0) is 68.1 Å². The number of rotatable bonds is 7. The van der Waals surface area contributed by atoms with E-state index in [9.17, 15) is 14.0 Å². The molecule has 2 heterocycles. The maximum Gasteiger partial charge on any atom is 0.260 e. The highest BCUT2D eigenvalue weighted by atomic mass is 19.1. The Labute approximate surface area is 187 Å². The molecule has 0 spiro atoms. The lowest BCUT2D eigenvalue weighted by atomic mass is 9.99. The summed E-state index contributed by atoms with van der Waals surface area (Å²) in [5, 5.41) is 0. The van der Waals surface area contributed by atoms with Crippen LogP contribution in [0.1, 0.15) is 36.0 Å². The second-order valence-electron chi connectivity index (χ2n) is 8.43. The third kappa shape index (κ3) is 5.78. The van der Waals surface area contributed by atoms with Crippen molar-refractivity contribution in [3.8, 4) is 11.5 Å². The fourth-order valence-corrected chi connectivity index (χ4v) is 4.23. The molecule has 7 heteroatoms. The molecule has 2 aliphatic rings. The van der Waals surface area contributed by atoms with Crippen molar-refractivity contribution in [2.24, 2.45) is 5.92 Å². The summed E-state index contributed by atoms with van der Waals surface area (Å²) in [4.78, 5) is 28.8. The van der Waals surface area contributed by atoms with Crippen molar-refractivity contribution >= 4 is 11.8 Å². The number of nitrogens with zero attached hydrogens (tertiary/aromatic N) is 2. The van der Waals surface area contributed by atoms with Crippen molar-refractivity contribution in [2.45, 2.75) is 25.7 Å².